The van der Waals surface area contributed by atoms with Crippen molar-refractivity contribution < 1.29 is 19.0 Å². The molecular weight excluding hydrogens is 342 g/mol. The van der Waals surface area contributed by atoms with Crippen LogP contribution in [0.15, 0.2) is 42.5 Å². The van der Waals surface area contributed by atoms with Crippen LogP contribution in [0.4, 0.5) is 5.69 Å². The molecule has 0 aliphatic carbocycles. The smallest absolute Gasteiger partial charge is 0.265 e. The number of carbonyl (C=O) groups is 1. The van der Waals surface area contributed by atoms with Crippen molar-refractivity contribution in [1.29, 1.82) is 0 Å². The fraction of sp³-hybridized carbons (Fsp3) is 0.409. The van der Waals surface area contributed by atoms with Crippen LogP contribution in [0.25, 0.3) is 0 Å². The molecule has 2 aromatic carbocycles. The molecule has 1 amide bonds. The summed E-state index contributed by atoms with van der Waals surface area (Å²) in [4.78, 5) is 12.6. The molecule has 5 heteroatoms. The van der Waals surface area contributed by atoms with E-state index in [1.807, 2.05) is 31.2 Å². The summed E-state index contributed by atoms with van der Waals surface area (Å²) in [7, 11) is 3.13. The lowest BCUT2D eigenvalue weighted by Crippen LogP contribution is -2.32. The number of methoxy groups -OCH3 is 2. The number of nitrogens with one attached hydrogen (secondary N) is 1. The summed E-state index contributed by atoms with van der Waals surface area (Å²) >= 11 is 0. The maximum atomic E-state index is 12.6. The first-order chi connectivity index (χ1) is 12.8. The third-order valence-corrected chi connectivity index (χ3v) is 4.31. The van der Waals surface area contributed by atoms with E-state index in [1.165, 1.54) is 5.56 Å². The minimum absolute atomic E-state index is 0.0769. The highest BCUT2D eigenvalue weighted by Gasteiger charge is 2.20. The van der Waals surface area contributed by atoms with E-state index in [-0.39, 0.29) is 11.3 Å². The molecule has 0 saturated carbocycles. The van der Waals surface area contributed by atoms with Gasteiger partial charge >= 0.3 is 0 Å². The highest BCUT2D eigenvalue weighted by molar-refractivity contribution is 5.94. The molecule has 1 N–H and O–H groups in total. The average Bonchev–Trinajstić information content (AvgIpc) is 2.65. The molecule has 0 fully saturated rings. The summed E-state index contributed by atoms with van der Waals surface area (Å²) in [5.74, 6) is 1.64. The van der Waals surface area contributed by atoms with Gasteiger partial charge in [-0.15, -0.1) is 0 Å². The molecule has 0 heterocycles. The summed E-state index contributed by atoms with van der Waals surface area (Å²) in [6.45, 7) is 8.40. The Morgan fingerprint density at radius 3 is 2.15 bits per heavy atom. The number of benzene rings is 2. The quantitative estimate of drug-likeness (QED) is 0.760. The maximum absolute atomic E-state index is 12.6. The Hall–Kier alpha value is -2.69. The van der Waals surface area contributed by atoms with Gasteiger partial charge in [0.05, 0.1) is 14.2 Å². The molecule has 0 unspecified atom stereocenters. The van der Waals surface area contributed by atoms with Gasteiger partial charge in [0.2, 0.25) is 0 Å². The third kappa shape index (κ3) is 5.39. The lowest BCUT2D eigenvalue weighted by molar-refractivity contribution is -0.122. The fourth-order valence-electron chi connectivity index (χ4n) is 2.66. The molecule has 2 rings (SSSR count). The first-order valence-corrected chi connectivity index (χ1v) is 9.08. The van der Waals surface area contributed by atoms with Gasteiger partial charge in [0, 0.05) is 11.8 Å². The molecule has 2 aromatic rings. The van der Waals surface area contributed by atoms with Crippen LogP contribution in [0.5, 0.6) is 17.2 Å². The minimum atomic E-state index is -0.585. The van der Waals surface area contributed by atoms with E-state index in [4.69, 9.17) is 14.2 Å². The SMILES string of the molecule is CC[C@H](Oc1ccc(C(C)(C)C)cc1)C(=O)Nc1ccc(OC)c(OC)c1. The van der Waals surface area contributed by atoms with Crippen LogP contribution in [0, 0.1) is 0 Å². The highest BCUT2D eigenvalue weighted by atomic mass is 16.5. The molecule has 5 nitrogen and oxygen atoms in total. The largest absolute Gasteiger partial charge is 0.493 e. The van der Waals surface area contributed by atoms with Crippen LogP contribution in [0.2, 0.25) is 0 Å². The van der Waals surface area contributed by atoms with Crippen LogP contribution in [0.1, 0.15) is 39.7 Å². The zero-order chi connectivity index (χ0) is 20.0. The number of anilines is 1. The normalized spacial score (nSPS) is 12.2. The summed E-state index contributed by atoms with van der Waals surface area (Å²) in [6, 6.07) is 13.1. The Morgan fingerprint density at radius 2 is 1.63 bits per heavy atom. The average molecular weight is 371 g/mol. The van der Waals surface area contributed by atoms with Gasteiger partial charge in [-0.05, 0) is 41.7 Å². The van der Waals surface area contributed by atoms with Crippen molar-refractivity contribution in [2.45, 2.75) is 45.6 Å². The monoisotopic (exact) mass is 371 g/mol. The summed E-state index contributed by atoms with van der Waals surface area (Å²) in [5, 5.41) is 2.88. The van der Waals surface area contributed by atoms with Crippen LogP contribution in [-0.2, 0) is 10.2 Å². The number of hydrogen-bond acceptors (Lipinski definition) is 4. The molecule has 146 valence electrons. The predicted molar refractivity (Wildman–Crippen MR) is 108 cm³/mol. The zero-order valence-corrected chi connectivity index (χ0v) is 17.0. The summed E-state index contributed by atoms with van der Waals surface area (Å²) in [6.07, 6.45) is -0.0289. The van der Waals surface area contributed by atoms with Crippen molar-refractivity contribution in [3.63, 3.8) is 0 Å². The molecule has 1 atom stereocenters. The Morgan fingerprint density at radius 1 is 1.00 bits per heavy atom. The lowest BCUT2D eigenvalue weighted by Gasteiger charge is -2.21. The van der Waals surface area contributed by atoms with Gasteiger partial charge in [-0.25, -0.2) is 0 Å². The van der Waals surface area contributed by atoms with Gasteiger partial charge in [0.1, 0.15) is 5.75 Å². The van der Waals surface area contributed by atoms with Crippen molar-refractivity contribution in [2.75, 3.05) is 19.5 Å². The van der Waals surface area contributed by atoms with E-state index < -0.39 is 6.10 Å². The summed E-state index contributed by atoms with van der Waals surface area (Å²) in [5.41, 5.74) is 1.92. The van der Waals surface area contributed by atoms with E-state index in [1.54, 1.807) is 32.4 Å². The fourth-order valence-corrected chi connectivity index (χ4v) is 2.66. The standard InChI is InChI=1S/C22H29NO4/c1-7-18(27-17-11-8-15(9-12-17)22(2,3)4)21(24)23-16-10-13-19(25-5)20(14-16)26-6/h8-14,18H,7H2,1-6H3,(H,23,24)/t18-/m0/s1. The number of amides is 1. The van der Waals surface area contributed by atoms with E-state index in [0.29, 0.717) is 29.4 Å². The van der Waals surface area contributed by atoms with Crippen molar-refractivity contribution in [3.05, 3.63) is 48.0 Å². The topological polar surface area (TPSA) is 56.8 Å². The summed E-state index contributed by atoms with van der Waals surface area (Å²) < 4.78 is 16.4. The van der Waals surface area contributed by atoms with Crippen molar-refractivity contribution in [3.8, 4) is 17.2 Å². The first kappa shape index (κ1) is 20.6. The van der Waals surface area contributed by atoms with Gasteiger partial charge in [0.15, 0.2) is 17.6 Å². The maximum Gasteiger partial charge on any atom is 0.265 e. The Kier molecular flexibility index (Phi) is 6.72. The molecule has 27 heavy (non-hydrogen) atoms. The molecular formula is C22H29NO4. The first-order valence-electron chi connectivity index (χ1n) is 9.08. The van der Waals surface area contributed by atoms with E-state index >= 15 is 0 Å². The van der Waals surface area contributed by atoms with E-state index in [0.717, 1.165) is 0 Å². The second-order valence-corrected chi connectivity index (χ2v) is 7.35. The Labute approximate surface area is 161 Å². The number of carbonyl (C=O) groups excluding carboxylic acids is 1. The second kappa shape index (κ2) is 8.80. The molecule has 0 bridgehead atoms. The second-order valence-electron chi connectivity index (χ2n) is 7.35. The van der Waals surface area contributed by atoms with Crippen LogP contribution < -0.4 is 19.5 Å². The van der Waals surface area contributed by atoms with Crippen molar-refractivity contribution in [1.82, 2.24) is 0 Å². The molecule has 0 radical (unpaired) electrons. The van der Waals surface area contributed by atoms with Crippen molar-refractivity contribution >= 4 is 11.6 Å². The Bertz CT molecular complexity index is 763. The molecule has 0 aromatic heterocycles. The van der Waals surface area contributed by atoms with E-state index in [9.17, 15) is 4.79 Å². The predicted octanol–water partition coefficient (Wildman–Crippen LogP) is 4.80. The molecule has 0 aliphatic rings. The number of ether oxygens (including phenoxy) is 3. The van der Waals surface area contributed by atoms with Crippen LogP contribution >= 0.6 is 0 Å². The van der Waals surface area contributed by atoms with Gasteiger partial charge in [-0.1, -0.05) is 39.8 Å². The zero-order valence-electron chi connectivity index (χ0n) is 17.0. The molecule has 0 spiro atoms. The molecule has 0 aliphatic heterocycles. The highest BCUT2D eigenvalue weighted by Crippen LogP contribution is 2.30. The molecule has 0 saturated heterocycles. The lowest BCUT2D eigenvalue weighted by atomic mass is 9.87. The van der Waals surface area contributed by atoms with Gasteiger partial charge < -0.3 is 19.5 Å². The van der Waals surface area contributed by atoms with Gasteiger partial charge in [-0.3, -0.25) is 4.79 Å². The van der Waals surface area contributed by atoms with E-state index in [2.05, 4.69) is 26.1 Å². The van der Waals surface area contributed by atoms with Gasteiger partial charge in [0.25, 0.3) is 5.91 Å². The Balaban J connectivity index is 2.07. The number of rotatable bonds is 7. The number of hydrogen-bond donors (Lipinski definition) is 1. The van der Waals surface area contributed by atoms with Crippen LogP contribution in [-0.4, -0.2) is 26.2 Å². The van der Waals surface area contributed by atoms with Crippen LogP contribution in [0.3, 0.4) is 0 Å². The minimum Gasteiger partial charge on any atom is -0.493 e. The van der Waals surface area contributed by atoms with Crippen molar-refractivity contribution in [2.24, 2.45) is 0 Å². The third-order valence-electron chi connectivity index (χ3n) is 4.31. The van der Waals surface area contributed by atoms with Gasteiger partial charge in [-0.2, -0.15) is 0 Å².